The Kier molecular flexibility index (Phi) is 7.50. The summed E-state index contributed by atoms with van der Waals surface area (Å²) < 4.78 is 2.95. The topological polar surface area (TPSA) is 162 Å². The van der Waals surface area contributed by atoms with Crippen LogP contribution in [0.2, 0.25) is 0 Å². The molecule has 0 aliphatic heterocycles. The molecule has 0 spiro atoms. The highest BCUT2D eigenvalue weighted by molar-refractivity contribution is 5.99. The number of carbonyl (C=O) groups is 1. The molecular formula is C20H23N7O5. The zero-order valence-corrected chi connectivity index (χ0v) is 17.2. The first kappa shape index (κ1) is 22.9. The smallest absolute Gasteiger partial charge is 0.395 e. The number of hydrogen-bond acceptors (Lipinski definition) is 8. The van der Waals surface area contributed by atoms with Crippen LogP contribution in [0.1, 0.15) is 15.9 Å². The Balaban J connectivity index is 1.56. The third-order valence-corrected chi connectivity index (χ3v) is 4.90. The average Bonchev–Trinajstić information content (AvgIpc) is 3.37. The molecule has 1 unspecified atom stereocenters. The number of imidazole rings is 1. The van der Waals surface area contributed by atoms with E-state index in [2.05, 4.69) is 16.4 Å². The van der Waals surface area contributed by atoms with Gasteiger partial charge in [0.1, 0.15) is 18.5 Å². The summed E-state index contributed by atoms with van der Waals surface area (Å²) in [7, 11) is 0. The van der Waals surface area contributed by atoms with Crippen molar-refractivity contribution in [2.75, 3.05) is 32.8 Å². The normalized spacial score (nSPS) is 12.1. The van der Waals surface area contributed by atoms with Gasteiger partial charge in [-0.2, -0.15) is 5.26 Å². The Hall–Kier alpha value is -3.79. The van der Waals surface area contributed by atoms with Crippen LogP contribution in [0.3, 0.4) is 0 Å². The van der Waals surface area contributed by atoms with Crippen molar-refractivity contribution in [3.05, 3.63) is 64.2 Å². The SMILES string of the molecule is N#Cc1c(C(=O)NCCN(CCO)CC(O)Cn2ccnc2[N+](=O)[O-])cn2ccccc12. The summed E-state index contributed by atoms with van der Waals surface area (Å²) >= 11 is 0. The highest BCUT2D eigenvalue weighted by Gasteiger charge is 2.20. The van der Waals surface area contributed by atoms with Crippen LogP contribution in [0.5, 0.6) is 0 Å². The Morgan fingerprint density at radius 3 is 2.91 bits per heavy atom. The van der Waals surface area contributed by atoms with E-state index in [1.807, 2.05) is 0 Å². The molecule has 0 aliphatic carbocycles. The third kappa shape index (κ3) is 5.27. The van der Waals surface area contributed by atoms with Crippen LogP contribution in [0, 0.1) is 21.4 Å². The molecule has 0 bridgehead atoms. The van der Waals surface area contributed by atoms with Crippen molar-refractivity contribution in [1.29, 1.82) is 5.26 Å². The lowest BCUT2D eigenvalue weighted by Crippen LogP contribution is -2.41. The summed E-state index contributed by atoms with van der Waals surface area (Å²) in [5.41, 5.74) is 1.19. The number of aliphatic hydroxyl groups excluding tert-OH is 2. The first-order valence-electron chi connectivity index (χ1n) is 9.89. The average molecular weight is 441 g/mol. The second kappa shape index (κ2) is 10.5. The molecule has 0 fully saturated rings. The van der Waals surface area contributed by atoms with Gasteiger partial charge in [0.05, 0.1) is 35.9 Å². The van der Waals surface area contributed by atoms with Gasteiger partial charge in [-0.3, -0.25) is 9.69 Å². The maximum atomic E-state index is 12.6. The van der Waals surface area contributed by atoms with Gasteiger partial charge in [0, 0.05) is 38.6 Å². The number of hydrogen-bond donors (Lipinski definition) is 3. The molecule has 0 saturated heterocycles. The molecule has 1 amide bonds. The second-order valence-electron chi connectivity index (χ2n) is 7.09. The number of amides is 1. The van der Waals surface area contributed by atoms with Crippen LogP contribution in [0.4, 0.5) is 5.95 Å². The standard InChI is InChI=1S/C20H23N7O5/c21-11-16-17(14-25-6-2-1-3-18(16)25)19(30)22-4-7-24(9-10-28)12-15(29)13-26-8-5-23-20(26)27(31)32/h1-3,5-6,8,14-15,28-29H,4,7,9-10,12-13H2,(H,22,30). The summed E-state index contributed by atoms with van der Waals surface area (Å²) in [6.07, 6.45) is 5.09. The predicted octanol–water partition coefficient (Wildman–Crippen LogP) is 0.000880. The Morgan fingerprint density at radius 1 is 1.38 bits per heavy atom. The fraction of sp³-hybridized carbons (Fsp3) is 0.350. The fourth-order valence-corrected chi connectivity index (χ4v) is 3.47. The largest absolute Gasteiger partial charge is 0.434 e. The Bertz CT molecular complexity index is 1130. The maximum Gasteiger partial charge on any atom is 0.434 e. The number of pyridine rings is 1. The van der Waals surface area contributed by atoms with Gasteiger partial charge in [-0.1, -0.05) is 11.1 Å². The zero-order chi connectivity index (χ0) is 23.1. The highest BCUT2D eigenvalue weighted by Crippen LogP contribution is 2.17. The van der Waals surface area contributed by atoms with E-state index in [0.29, 0.717) is 12.1 Å². The number of carbonyl (C=O) groups excluding carboxylic acids is 1. The van der Waals surface area contributed by atoms with E-state index in [-0.39, 0.29) is 49.9 Å². The van der Waals surface area contributed by atoms with Crippen molar-refractivity contribution in [2.24, 2.45) is 0 Å². The molecule has 0 aliphatic rings. The van der Waals surface area contributed by atoms with Crippen LogP contribution >= 0.6 is 0 Å². The lowest BCUT2D eigenvalue weighted by molar-refractivity contribution is -0.397. The predicted molar refractivity (Wildman–Crippen MR) is 113 cm³/mol. The number of aromatic nitrogens is 3. The third-order valence-electron chi connectivity index (χ3n) is 4.90. The molecule has 0 radical (unpaired) electrons. The van der Waals surface area contributed by atoms with Gasteiger partial charge in [-0.15, -0.1) is 0 Å². The van der Waals surface area contributed by atoms with Gasteiger partial charge >= 0.3 is 5.95 Å². The van der Waals surface area contributed by atoms with Crippen LogP contribution in [0.15, 0.2) is 43.0 Å². The molecule has 1 atom stereocenters. The van der Waals surface area contributed by atoms with Crippen molar-refractivity contribution >= 4 is 17.4 Å². The molecule has 168 valence electrons. The monoisotopic (exact) mass is 441 g/mol. The minimum atomic E-state index is -0.952. The quantitative estimate of drug-likeness (QED) is 0.277. The van der Waals surface area contributed by atoms with Crippen LogP contribution in [0.25, 0.3) is 5.52 Å². The van der Waals surface area contributed by atoms with Crippen molar-refractivity contribution in [1.82, 2.24) is 24.2 Å². The number of nitrogens with zero attached hydrogens (tertiary/aromatic N) is 6. The molecule has 12 nitrogen and oxygen atoms in total. The molecular weight excluding hydrogens is 418 g/mol. The molecule has 3 aromatic rings. The number of nitrogens with one attached hydrogen (secondary N) is 1. The van der Waals surface area contributed by atoms with E-state index in [1.165, 1.54) is 17.0 Å². The Morgan fingerprint density at radius 2 is 2.19 bits per heavy atom. The van der Waals surface area contributed by atoms with Crippen molar-refractivity contribution in [3.63, 3.8) is 0 Å². The number of nitro groups is 1. The van der Waals surface area contributed by atoms with E-state index < -0.39 is 16.9 Å². The molecule has 3 rings (SSSR count). The molecule has 0 saturated carbocycles. The second-order valence-corrected chi connectivity index (χ2v) is 7.09. The summed E-state index contributed by atoms with van der Waals surface area (Å²) in [5, 5.41) is 42.8. The van der Waals surface area contributed by atoms with E-state index in [1.54, 1.807) is 39.9 Å². The first-order valence-corrected chi connectivity index (χ1v) is 9.89. The fourth-order valence-electron chi connectivity index (χ4n) is 3.47. The summed E-state index contributed by atoms with van der Waals surface area (Å²) in [6.45, 7) is 0.727. The van der Waals surface area contributed by atoms with E-state index >= 15 is 0 Å². The number of rotatable bonds is 11. The molecule has 3 aromatic heterocycles. The zero-order valence-electron chi connectivity index (χ0n) is 17.2. The van der Waals surface area contributed by atoms with Crippen molar-refractivity contribution in [2.45, 2.75) is 12.6 Å². The van der Waals surface area contributed by atoms with Gasteiger partial charge in [0.15, 0.2) is 0 Å². The highest BCUT2D eigenvalue weighted by atomic mass is 16.6. The lowest BCUT2D eigenvalue weighted by atomic mass is 10.1. The first-order chi connectivity index (χ1) is 15.4. The van der Waals surface area contributed by atoms with Crippen LogP contribution < -0.4 is 5.32 Å². The number of aliphatic hydroxyl groups is 2. The molecule has 0 aromatic carbocycles. The minimum Gasteiger partial charge on any atom is -0.395 e. The van der Waals surface area contributed by atoms with E-state index in [0.717, 1.165) is 0 Å². The summed E-state index contributed by atoms with van der Waals surface area (Å²) in [5.74, 6) is -0.762. The van der Waals surface area contributed by atoms with Gasteiger partial charge in [0.25, 0.3) is 5.91 Å². The van der Waals surface area contributed by atoms with Gasteiger partial charge in [-0.25, -0.2) is 4.57 Å². The lowest BCUT2D eigenvalue weighted by Gasteiger charge is -2.24. The Labute approximate surface area is 183 Å². The van der Waals surface area contributed by atoms with Gasteiger partial charge in [0.2, 0.25) is 0 Å². The van der Waals surface area contributed by atoms with E-state index in [9.17, 15) is 30.4 Å². The van der Waals surface area contributed by atoms with Gasteiger partial charge in [-0.05, 0) is 17.1 Å². The maximum absolute atomic E-state index is 12.6. The minimum absolute atomic E-state index is 0.0343. The molecule has 32 heavy (non-hydrogen) atoms. The van der Waals surface area contributed by atoms with Crippen LogP contribution in [-0.4, -0.2) is 78.8 Å². The molecule has 12 heteroatoms. The van der Waals surface area contributed by atoms with Crippen molar-refractivity contribution in [3.8, 4) is 6.07 Å². The summed E-state index contributed by atoms with van der Waals surface area (Å²) in [6, 6.07) is 7.40. The molecule has 3 N–H and O–H groups in total. The summed E-state index contributed by atoms with van der Waals surface area (Å²) in [4.78, 5) is 28.3. The number of nitriles is 1. The van der Waals surface area contributed by atoms with Crippen LogP contribution in [-0.2, 0) is 6.54 Å². The van der Waals surface area contributed by atoms with Gasteiger partial charge < -0.3 is 30.0 Å². The number of fused-ring (bicyclic) bond motifs is 1. The van der Waals surface area contributed by atoms with E-state index in [4.69, 9.17) is 0 Å². The van der Waals surface area contributed by atoms with Crippen molar-refractivity contribution < 1.29 is 19.9 Å². The molecule has 3 heterocycles.